The van der Waals surface area contributed by atoms with E-state index in [4.69, 9.17) is 0 Å². The molecule has 0 spiro atoms. The quantitative estimate of drug-likeness (QED) is 0.442. The van der Waals surface area contributed by atoms with Crippen molar-refractivity contribution in [1.82, 2.24) is 15.5 Å². The number of guanidine groups is 1. The van der Waals surface area contributed by atoms with E-state index in [1.807, 2.05) is 7.05 Å². The minimum Gasteiger partial charge on any atom is -0.356 e. The molecule has 18 heavy (non-hydrogen) atoms. The lowest BCUT2D eigenvalue weighted by Crippen LogP contribution is -2.40. The molecule has 1 saturated carbocycles. The first-order valence-corrected chi connectivity index (χ1v) is 7.02. The zero-order chi connectivity index (χ0) is 12.1. The number of rotatable bonds is 5. The Kier molecular flexibility index (Phi) is 7.29. The second kappa shape index (κ2) is 8.19. The Morgan fingerprint density at radius 1 is 1.28 bits per heavy atom. The average molecular weight is 366 g/mol. The molecule has 2 N–H and O–H groups in total. The summed E-state index contributed by atoms with van der Waals surface area (Å²) in [6, 6.07) is 0.928. The van der Waals surface area contributed by atoms with Crippen LogP contribution in [0.25, 0.3) is 0 Å². The van der Waals surface area contributed by atoms with Gasteiger partial charge in [0.25, 0.3) is 0 Å². The van der Waals surface area contributed by atoms with E-state index in [9.17, 15) is 0 Å². The van der Waals surface area contributed by atoms with E-state index in [2.05, 4.69) is 27.4 Å². The normalized spacial score (nSPS) is 24.8. The van der Waals surface area contributed by atoms with Crippen LogP contribution in [-0.2, 0) is 0 Å². The maximum atomic E-state index is 4.23. The van der Waals surface area contributed by atoms with Crippen LogP contribution in [0.3, 0.4) is 0 Å². The van der Waals surface area contributed by atoms with Crippen LogP contribution in [0.1, 0.15) is 32.6 Å². The van der Waals surface area contributed by atoms with Crippen LogP contribution in [-0.4, -0.2) is 50.1 Å². The van der Waals surface area contributed by atoms with Crippen LogP contribution in [0.4, 0.5) is 0 Å². The first-order valence-electron chi connectivity index (χ1n) is 7.02. The predicted molar refractivity (Wildman–Crippen MR) is 87.8 cm³/mol. The highest BCUT2D eigenvalue weighted by Gasteiger charge is 2.34. The summed E-state index contributed by atoms with van der Waals surface area (Å²) in [5.74, 6) is 1.76. The molecule has 1 heterocycles. The highest BCUT2D eigenvalue weighted by molar-refractivity contribution is 14.0. The highest BCUT2D eigenvalue weighted by Crippen LogP contribution is 2.31. The van der Waals surface area contributed by atoms with Gasteiger partial charge in [-0.1, -0.05) is 6.92 Å². The van der Waals surface area contributed by atoms with Crippen molar-refractivity contribution in [3.8, 4) is 0 Å². The Morgan fingerprint density at radius 2 is 2.06 bits per heavy atom. The molecule has 1 unspecified atom stereocenters. The van der Waals surface area contributed by atoms with Crippen LogP contribution < -0.4 is 10.6 Å². The van der Waals surface area contributed by atoms with Crippen molar-refractivity contribution in [2.24, 2.45) is 10.9 Å². The van der Waals surface area contributed by atoms with Crippen LogP contribution in [0.2, 0.25) is 0 Å². The molecule has 0 radical (unpaired) electrons. The molecule has 5 heteroatoms. The van der Waals surface area contributed by atoms with Crippen molar-refractivity contribution in [2.45, 2.75) is 38.6 Å². The summed E-state index contributed by atoms with van der Waals surface area (Å²) in [5.41, 5.74) is 0. The van der Waals surface area contributed by atoms with Gasteiger partial charge in [-0.15, -0.1) is 24.0 Å². The predicted octanol–water partition coefficient (Wildman–Crippen LogP) is 1.66. The lowest BCUT2D eigenvalue weighted by Gasteiger charge is -2.16. The third-order valence-corrected chi connectivity index (χ3v) is 3.70. The summed E-state index contributed by atoms with van der Waals surface area (Å²) in [5, 5.41) is 6.75. The summed E-state index contributed by atoms with van der Waals surface area (Å²) < 4.78 is 0. The van der Waals surface area contributed by atoms with E-state index in [1.165, 1.54) is 32.4 Å². The van der Waals surface area contributed by atoms with Crippen LogP contribution in [0.5, 0.6) is 0 Å². The first kappa shape index (κ1) is 16.0. The van der Waals surface area contributed by atoms with E-state index in [1.54, 1.807) is 0 Å². The molecule has 4 nitrogen and oxygen atoms in total. The van der Waals surface area contributed by atoms with Gasteiger partial charge in [0.15, 0.2) is 5.96 Å². The molecule has 0 aromatic carbocycles. The van der Waals surface area contributed by atoms with E-state index in [-0.39, 0.29) is 24.0 Å². The second-order valence-electron chi connectivity index (χ2n) is 5.26. The van der Waals surface area contributed by atoms with Gasteiger partial charge in [-0.25, -0.2) is 0 Å². The number of hydrogen-bond acceptors (Lipinski definition) is 2. The molecule has 2 rings (SSSR count). The lowest BCUT2D eigenvalue weighted by atomic mass is 10.1. The first-order chi connectivity index (χ1) is 8.33. The van der Waals surface area contributed by atoms with Gasteiger partial charge in [-0.3, -0.25) is 4.99 Å². The van der Waals surface area contributed by atoms with Crippen LogP contribution in [0, 0.1) is 5.92 Å². The van der Waals surface area contributed by atoms with Gasteiger partial charge < -0.3 is 15.5 Å². The van der Waals surface area contributed by atoms with Crippen molar-refractivity contribution in [2.75, 3.05) is 33.2 Å². The van der Waals surface area contributed by atoms with Crippen molar-refractivity contribution in [1.29, 1.82) is 0 Å². The number of nitrogens with one attached hydrogen (secondary N) is 2. The molecule has 1 saturated heterocycles. The maximum absolute atomic E-state index is 4.23. The Bertz CT molecular complexity index is 266. The largest absolute Gasteiger partial charge is 0.356 e. The average Bonchev–Trinajstić information content (AvgIpc) is 3.10. The van der Waals surface area contributed by atoms with E-state index >= 15 is 0 Å². The van der Waals surface area contributed by atoms with E-state index < -0.39 is 0 Å². The fourth-order valence-electron chi connectivity index (χ4n) is 2.51. The summed E-state index contributed by atoms with van der Waals surface area (Å²) in [6.07, 6.45) is 5.34. The minimum absolute atomic E-state index is 0. The monoisotopic (exact) mass is 366 g/mol. The van der Waals surface area contributed by atoms with Gasteiger partial charge in [0.1, 0.15) is 0 Å². The SMILES string of the molecule is CCCNC(=NC)NCC1CCN(C2CC2)C1.I. The highest BCUT2D eigenvalue weighted by atomic mass is 127. The summed E-state index contributed by atoms with van der Waals surface area (Å²) in [6.45, 7) is 6.82. The van der Waals surface area contributed by atoms with E-state index in [0.29, 0.717) is 0 Å². The van der Waals surface area contributed by atoms with Gasteiger partial charge in [0.05, 0.1) is 0 Å². The number of halogens is 1. The molecule has 0 amide bonds. The number of hydrogen-bond donors (Lipinski definition) is 2. The third-order valence-electron chi connectivity index (χ3n) is 3.70. The maximum Gasteiger partial charge on any atom is 0.190 e. The summed E-state index contributed by atoms with van der Waals surface area (Å²) in [7, 11) is 1.84. The molecule has 106 valence electrons. The molecule has 1 aliphatic carbocycles. The number of nitrogens with zero attached hydrogens (tertiary/aromatic N) is 2. The van der Waals surface area contributed by atoms with Crippen molar-refractivity contribution in [3.63, 3.8) is 0 Å². The molecule has 0 aromatic rings. The van der Waals surface area contributed by atoms with Crippen molar-refractivity contribution >= 4 is 29.9 Å². The second-order valence-corrected chi connectivity index (χ2v) is 5.26. The Hall–Kier alpha value is -0.0400. The molecule has 1 aliphatic heterocycles. The molecule has 0 aromatic heterocycles. The third kappa shape index (κ3) is 4.91. The van der Waals surface area contributed by atoms with Gasteiger partial charge >= 0.3 is 0 Å². The summed E-state index contributed by atoms with van der Waals surface area (Å²) in [4.78, 5) is 6.90. The fraction of sp³-hybridized carbons (Fsp3) is 0.923. The lowest BCUT2D eigenvalue weighted by molar-refractivity contribution is 0.314. The zero-order valence-corrected chi connectivity index (χ0v) is 13.9. The Labute approximate surface area is 128 Å². The smallest absolute Gasteiger partial charge is 0.190 e. The van der Waals surface area contributed by atoms with Crippen LogP contribution >= 0.6 is 24.0 Å². The number of likely N-dealkylation sites (tertiary alicyclic amines) is 1. The molecular formula is C13H27IN4. The van der Waals surface area contributed by atoms with Gasteiger partial charge in [-0.2, -0.15) is 0 Å². The molecule has 2 aliphatic rings. The van der Waals surface area contributed by atoms with E-state index in [0.717, 1.165) is 37.4 Å². The molecule has 2 fully saturated rings. The minimum atomic E-state index is 0. The van der Waals surface area contributed by atoms with Crippen LogP contribution in [0.15, 0.2) is 4.99 Å². The van der Waals surface area contributed by atoms with Crippen molar-refractivity contribution < 1.29 is 0 Å². The summed E-state index contributed by atoms with van der Waals surface area (Å²) >= 11 is 0. The van der Waals surface area contributed by atoms with Gasteiger partial charge in [-0.05, 0) is 38.1 Å². The molecular weight excluding hydrogens is 339 g/mol. The molecule has 1 atom stereocenters. The Balaban J connectivity index is 0.00000162. The Morgan fingerprint density at radius 3 is 2.67 bits per heavy atom. The molecule has 0 bridgehead atoms. The fourth-order valence-corrected chi connectivity index (χ4v) is 2.51. The standard InChI is InChI=1S/C13H26N4.HI/c1-3-7-15-13(14-2)16-9-11-6-8-17(10-11)12-4-5-12;/h11-12H,3-10H2,1-2H3,(H2,14,15,16);1H. The van der Waals surface area contributed by atoms with Gasteiger partial charge in [0.2, 0.25) is 0 Å². The number of aliphatic imine (C=N–C) groups is 1. The zero-order valence-electron chi connectivity index (χ0n) is 11.6. The van der Waals surface area contributed by atoms with Gasteiger partial charge in [0, 0.05) is 32.7 Å². The van der Waals surface area contributed by atoms with Crippen molar-refractivity contribution in [3.05, 3.63) is 0 Å². The topological polar surface area (TPSA) is 39.7 Å².